The number of anilines is 1. The van der Waals surface area contributed by atoms with Gasteiger partial charge in [0.25, 0.3) is 5.91 Å². The van der Waals surface area contributed by atoms with Crippen LogP contribution in [0.25, 0.3) is 6.08 Å². The summed E-state index contributed by atoms with van der Waals surface area (Å²) in [4.78, 5) is 26.5. The minimum absolute atomic E-state index is 0.0936. The van der Waals surface area contributed by atoms with Gasteiger partial charge in [0.2, 0.25) is 5.91 Å². The Bertz CT molecular complexity index is 848. The summed E-state index contributed by atoms with van der Waals surface area (Å²) in [6.07, 6.45) is 4.07. The Kier molecular flexibility index (Phi) is 6.29. The molecule has 0 radical (unpaired) electrons. The van der Waals surface area contributed by atoms with Gasteiger partial charge in [-0.3, -0.25) is 14.5 Å². The highest BCUT2D eigenvalue weighted by atomic mass is 79.9. The molecule has 1 aliphatic rings. The highest BCUT2D eigenvalue weighted by Crippen LogP contribution is 2.32. The van der Waals surface area contributed by atoms with Gasteiger partial charge >= 0.3 is 0 Å². The lowest BCUT2D eigenvalue weighted by atomic mass is 10.2. The first-order chi connectivity index (χ1) is 12.5. The molecule has 0 bridgehead atoms. The van der Waals surface area contributed by atoms with Crippen LogP contribution in [-0.4, -0.2) is 27.6 Å². The molecule has 8 heteroatoms. The number of thiocarbonyl (C=S) groups is 1. The van der Waals surface area contributed by atoms with E-state index in [1.807, 2.05) is 24.3 Å². The van der Waals surface area contributed by atoms with Crippen molar-refractivity contribution in [2.24, 2.45) is 0 Å². The van der Waals surface area contributed by atoms with Gasteiger partial charge < -0.3 is 9.73 Å². The van der Waals surface area contributed by atoms with Gasteiger partial charge in [0, 0.05) is 29.2 Å². The van der Waals surface area contributed by atoms with E-state index < -0.39 is 0 Å². The first-order valence-electron chi connectivity index (χ1n) is 7.87. The summed E-state index contributed by atoms with van der Waals surface area (Å²) < 4.78 is 6.68. The fourth-order valence-corrected chi connectivity index (χ4v) is 3.90. The first kappa shape index (κ1) is 18.9. The molecule has 2 aromatic rings. The number of amides is 2. The Balaban J connectivity index is 1.50. The zero-order chi connectivity index (χ0) is 18.5. The Hall–Kier alpha value is -1.90. The van der Waals surface area contributed by atoms with E-state index in [1.165, 1.54) is 16.7 Å². The zero-order valence-corrected chi connectivity index (χ0v) is 16.8. The predicted octanol–water partition coefficient (Wildman–Crippen LogP) is 4.66. The van der Waals surface area contributed by atoms with Crippen LogP contribution >= 0.6 is 39.9 Å². The summed E-state index contributed by atoms with van der Waals surface area (Å²) in [5.74, 6) is 0.369. The van der Waals surface area contributed by atoms with Crippen LogP contribution in [0.3, 0.4) is 0 Å². The number of rotatable bonds is 6. The van der Waals surface area contributed by atoms with Crippen molar-refractivity contribution < 1.29 is 14.0 Å². The normalized spacial score (nSPS) is 15.7. The average molecular weight is 451 g/mol. The van der Waals surface area contributed by atoms with Crippen LogP contribution in [0.2, 0.25) is 0 Å². The van der Waals surface area contributed by atoms with Gasteiger partial charge in [0.1, 0.15) is 10.1 Å². The Morgan fingerprint density at radius 1 is 1.31 bits per heavy atom. The fraction of sp³-hybridized carbons (Fsp3) is 0.167. The molecule has 0 saturated carbocycles. The SMILES string of the molecule is O=C(CCCN1C(=O)C(=Cc2ccco2)SC1=S)Nc1ccc(Br)cc1. The molecule has 134 valence electrons. The second kappa shape index (κ2) is 8.66. The molecule has 1 saturated heterocycles. The number of thioether (sulfide) groups is 1. The van der Waals surface area contributed by atoms with Crippen LogP contribution in [0.4, 0.5) is 5.69 Å². The molecule has 0 unspecified atom stereocenters. The molecule has 0 aliphatic carbocycles. The van der Waals surface area contributed by atoms with Crippen molar-refractivity contribution in [1.29, 1.82) is 0 Å². The van der Waals surface area contributed by atoms with E-state index in [2.05, 4.69) is 21.2 Å². The van der Waals surface area contributed by atoms with Gasteiger partial charge in [-0.1, -0.05) is 39.9 Å². The lowest BCUT2D eigenvalue weighted by Gasteiger charge is -2.14. The van der Waals surface area contributed by atoms with Gasteiger partial charge in [-0.25, -0.2) is 0 Å². The highest BCUT2D eigenvalue weighted by molar-refractivity contribution is 9.10. The van der Waals surface area contributed by atoms with Crippen molar-refractivity contribution in [2.75, 3.05) is 11.9 Å². The number of halogens is 1. The van der Waals surface area contributed by atoms with Gasteiger partial charge in [-0.05, 0) is 42.8 Å². The van der Waals surface area contributed by atoms with Crippen LogP contribution in [0.15, 0.2) is 56.5 Å². The number of nitrogens with zero attached hydrogens (tertiary/aromatic N) is 1. The summed E-state index contributed by atoms with van der Waals surface area (Å²) >= 11 is 9.88. The van der Waals surface area contributed by atoms with E-state index >= 15 is 0 Å². The molecule has 5 nitrogen and oxygen atoms in total. The van der Waals surface area contributed by atoms with E-state index in [0.717, 1.165) is 10.2 Å². The zero-order valence-electron chi connectivity index (χ0n) is 13.6. The Morgan fingerprint density at radius 3 is 2.77 bits per heavy atom. The maximum Gasteiger partial charge on any atom is 0.266 e. The Morgan fingerprint density at radius 2 is 2.08 bits per heavy atom. The van der Waals surface area contributed by atoms with Crippen LogP contribution in [0, 0.1) is 0 Å². The average Bonchev–Trinajstić information content (AvgIpc) is 3.21. The monoisotopic (exact) mass is 450 g/mol. The second-order valence-corrected chi connectivity index (χ2v) is 8.10. The van der Waals surface area contributed by atoms with Crippen molar-refractivity contribution >= 4 is 67.8 Å². The Labute approximate surface area is 168 Å². The maximum absolute atomic E-state index is 12.4. The summed E-state index contributed by atoms with van der Waals surface area (Å²) in [6, 6.07) is 10.9. The van der Waals surface area contributed by atoms with Crippen LogP contribution in [0.5, 0.6) is 0 Å². The molecule has 1 aliphatic heterocycles. The summed E-state index contributed by atoms with van der Waals surface area (Å²) in [5, 5.41) is 2.83. The number of carbonyl (C=O) groups excluding carboxylic acids is 2. The fourth-order valence-electron chi connectivity index (χ4n) is 2.35. The van der Waals surface area contributed by atoms with Gasteiger partial charge in [-0.15, -0.1) is 0 Å². The lowest BCUT2D eigenvalue weighted by molar-refractivity contribution is -0.122. The molecular weight excluding hydrogens is 436 g/mol. The lowest BCUT2D eigenvalue weighted by Crippen LogP contribution is -2.29. The number of furan rings is 1. The van der Waals surface area contributed by atoms with E-state index in [1.54, 1.807) is 24.5 Å². The predicted molar refractivity (Wildman–Crippen MR) is 111 cm³/mol. The number of hydrogen-bond donors (Lipinski definition) is 1. The number of benzene rings is 1. The van der Waals surface area contributed by atoms with Crippen molar-refractivity contribution in [3.05, 3.63) is 57.8 Å². The highest BCUT2D eigenvalue weighted by Gasteiger charge is 2.31. The van der Waals surface area contributed by atoms with E-state index in [-0.39, 0.29) is 11.8 Å². The molecule has 1 N–H and O–H groups in total. The van der Waals surface area contributed by atoms with Crippen molar-refractivity contribution in [3.8, 4) is 0 Å². The van der Waals surface area contributed by atoms with Crippen LogP contribution < -0.4 is 5.32 Å². The molecule has 3 rings (SSSR count). The van der Waals surface area contributed by atoms with E-state index in [0.29, 0.717) is 34.4 Å². The molecule has 2 amide bonds. The minimum Gasteiger partial charge on any atom is -0.465 e. The second-order valence-electron chi connectivity index (χ2n) is 5.51. The number of hydrogen-bond acceptors (Lipinski definition) is 5. The third-order valence-electron chi connectivity index (χ3n) is 3.60. The van der Waals surface area contributed by atoms with Crippen molar-refractivity contribution in [1.82, 2.24) is 4.90 Å². The molecule has 1 aromatic heterocycles. The van der Waals surface area contributed by atoms with E-state index in [9.17, 15) is 9.59 Å². The van der Waals surface area contributed by atoms with E-state index in [4.69, 9.17) is 16.6 Å². The smallest absolute Gasteiger partial charge is 0.266 e. The summed E-state index contributed by atoms with van der Waals surface area (Å²) in [6.45, 7) is 0.411. The van der Waals surface area contributed by atoms with Crippen LogP contribution in [-0.2, 0) is 9.59 Å². The first-order valence-corrected chi connectivity index (χ1v) is 9.89. The molecule has 1 aromatic carbocycles. The van der Waals surface area contributed by atoms with Gasteiger partial charge in [0.05, 0.1) is 11.2 Å². The molecule has 26 heavy (non-hydrogen) atoms. The van der Waals surface area contributed by atoms with Crippen LogP contribution in [0.1, 0.15) is 18.6 Å². The molecule has 0 atom stereocenters. The standard InChI is InChI=1S/C18H15BrN2O3S2/c19-12-5-7-13(8-6-12)20-16(22)4-1-9-21-17(23)15(26-18(21)25)11-14-3-2-10-24-14/h2-3,5-8,10-11H,1,4,9H2,(H,20,22). The minimum atomic E-state index is -0.148. The van der Waals surface area contributed by atoms with Crippen molar-refractivity contribution in [3.63, 3.8) is 0 Å². The molecule has 2 heterocycles. The largest absolute Gasteiger partial charge is 0.465 e. The third kappa shape index (κ3) is 4.84. The third-order valence-corrected chi connectivity index (χ3v) is 5.51. The van der Waals surface area contributed by atoms with Crippen molar-refractivity contribution in [2.45, 2.75) is 12.8 Å². The topological polar surface area (TPSA) is 62.6 Å². The summed E-state index contributed by atoms with van der Waals surface area (Å²) in [5.41, 5.74) is 0.741. The molecule has 1 fully saturated rings. The molecular formula is C18H15BrN2O3S2. The molecule has 0 spiro atoms. The van der Waals surface area contributed by atoms with Gasteiger partial charge in [0.15, 0.2) is 0 Å². The quantitative estimate of drug-likeness (QED) is 0.511. The number of carbonyl (C=O) groups is 2. The van der Waals surface area contributed by atoms with Gasteiger partial charge in [-0.2, -0.15) is 0 Å². The maximum atomic E-state index is 12.4. The summed E-state index contributed by atoms with van der Waals surface area (Å²) in [7, 11) is 0. The number of nitrogens with one attached hydrogen (secondary N) is 1.